The Morgan fingerprint density at radius 1 is 1.24 bits per heavy atom. The van der Waals surface area contributed by atoms with Crippen molar-refractivity contribution < 1.29 is 23.8 Å². The maximum Gasteiger partial charge on any atom is 0.340 e. The number of furan rings is 1. The zero-order chi connectivity index (χ0) is 11.8. The average Bonchev–Trinajstić information content (AvgIpc) is 2.95. The maximum atomic E-state index is 11.3. The number of aromatic carboxylic acids is 1. The third-order valence-electron chi connectivity index (χ3n) is 2.67. The van der Waals surface area contributed by atoms with E-state index in [1.165, 1.54) is 0 Å². The number of rotatable bonds is 2. The van der Waals surface area contributed by atoms with Gasteiger partial charge in [0.25, 0.3) is 0 Å². The van der Waals surface area contributed by atoms with Crippen molar-refractivity contribution in [2.24, 2.45) is 0 Å². The summed E-state index contributed by atoms with van der Waals surface area (Å²) in [6, 6.07) is 6.99. The van der Waals surface area contributed by atoms with Gasteiger partial charge in [-0.1, -0.05) is 18.2 Å². The van der Waals surface area contributed by atoms with E-state index in [4.69, 9.17) is 13.9 Å². The van der Waals surface area contributed by atoms with Crippen LogP contribution >= 0.6 is 0 Å². The van der Waals surface area contributed by atoms with Crippen molar-refractivity contribution in [3.63, 3.8) is 0 Å². The molecule has 0 radical (unpaired) electrons. The summed E-state index contributed by atoms with van der Waals surface area (Å²) in [6.07, 6.45) is -0.714. The molecule has 1 N–H and O–H groups in total. The molecule has 17 heavy (non-hydrogen) atoms. The van der Waals surface area contributed by atoms with Gasteiger partial charge in [-0.15, -0.1) is 0 Å². The second-order valence-corrected chi connectivity index (χ2v) is 3.72. The topological polar surface area (TPSA) is 68.9 Å². The van der Waals surface area contributed by atoms with Crippen molar-refractivity contribution in [1.29, 1.82) is 0 Å². The smallest absolute Gasteiger partial charge is 0.340 e. The van der Waals surface area contributed by atoms with Crippen LogP contribution in [-0.2, 0) is 9.47 Å². The van der Waals surface area contributed by atoms with Crippen LogP contribution in [0.5, 0.6) is 0 Å². The fourth-order valence-corrected chi connectivity index (χ4v) is 1.96. The molecule has 0 unspecified atom stereocenters. The Balaban J connectivity index is 2.22. The Morgan fingerprint density at radius 2 is 1.94 bits per heavy atom. The third kappa shape index (κ3) is 1.60. The first-order valence-corrected chi connectivity index (χ1v) is 5.25. The predicted octanol–water partition coefficient (Wildman–Crippen LogP) is 2.18. The van der Waals surface area contributed by atoms with Crippen LogP contribution in [0.25, 0.3) is 11.0 Å². The molecule has 0 aliphatic carbocycles. The Labute approximate surface area is 96.5 Å². The van der Waals surface area contributed by atoms with Gasteiger partial charge in [-0.3, -0.25) is 0 Å². The Morgan fingerprint density at radius 3 is 2.65 bits per heavy atom. The van der Waals surface area contributed by atoms with E-state index in [2.05, 4.69) is 0 Å². The molecule has 5 nitrogen and oxygen atoms in total. The lowest BCUT2D eigenvalue weighted by Gasteiger charge is -2.05. The summed E-state index contributed by atoms with van der Waals surface area (Å²) < 4.78 is 16.1. The van der Waals surface area contributed by atoms with Gasteiger partial charge in [0.1, 0.15) is 11.1 Å². The minimum absolute atomic E-state index is 0.118. The van der Waals surface area contributed by atoms with Crippen LogP contribution in [0.2, 0.25) is 0 Å². The summed E-state index contributed by atoms with van der Waals surface area (Å²) in [6.45, 7) is 0.890. The monoisotopic (exact) mass is 234 g/mol. The molecule has 1 saturated heterocycles. The highest BCUT2D eigenvalue weighted by Crippen LogP contribution is 2.33. The largest absolute Gasteiger partial charge is 0.478 e. The Hall–Kier alpha value is -1.85. The highest BCUT2D eigenvalue weighted by atomic mass is 16.7. The quantitative estimate of drug-likeness (QED) is 0.862. The molecule has 3 rings (SSSR count). The highest BCUT2D eigenvalue weighted by Gasteiger charge is 2.30. The lowest BCUT2D eigenvalue weighted by molar-refractivity contribution is -0.0587. The molecular formula is C12H10O5. The van der Waals surface area contributed by atoms with Gasteiger partial charge in [0, 0.05) is 5.39 Å². The zero-order valence-corrected chi connectivity index (χ0v) is 8.88. The lowest BCUT2D eigenvalue weighted by atomic mass is 10.1. The fourth-order valence-electron chi connectivity index (χ4n) is 1.96. The van der Waals surface area contributed by atoms with Gasteiger partial charge in [-0.25, -0.2) is 4.79 Å². The summed E-state index contributed by atoms with van der Waals surface area (Å²) in [7, 11) is 0. The van der Waals surface area contributed by atoms with Crippen molar-refractivity contribution in [2.45, 2.75) is 6.29 Å². The van der Waals surface area contributed by atoms with Crippen molar-refractivity contribution in [3.05, 3.63) is 35.6 Å². The number of ether oxygens (including phenoxy) is 2. The predicted molar refractivity (Wildman–Crippen MR) is 57.8 cm³/mol. The van der Waals surface area contributed by atoms with Crippen molar-refractivity contribution in [3.8, 4) is 0 Å². The minimum Gasteiger partial charge on any atom is -0.478 e. The van der Waals surface area contributed by atoms with Crippen LogP contribution in [0.1, 0.15) is 22.4 Å². The van der Waals surface area contributed by atoms with Gasteiger partial charge < -0.3 is 19.0 Å². The molecule has 1 aromatic carbocycles. The SMILES string of the molecule is O=C(O)c1c(C2OCCO2)oc2ccccc12. The highest BCUT2D eigenvalue weighted by molar-refractivity contribution is 6.03. The summed E-state index contributed by atoms with van der Waals surface area (Å²) in [4.78, 5) is 11.3. The first kappa shape index (κ1) is 10.3. The molecule has 0 saturated carbocycles. The van der Waals surface area contributed by atoms with E-state index in [0.717, 1.165) is 0 Å². The molecule has 2 heterocycles. The molecular weight excluding hydrogens is 224 g/mol. The number of carbonyl (C=O) groups is 1. The van der Waals surface area contributed by atoms with E-state index in [-0.39, 0.29) is 11.3 Å². The number of carboxylic acids is 1. The van der Waals surface area contributed by atoms with Crippen molar-refractivity contribution in [1.82, 2.24) is 0 Å². The second-order valence-electron chi connectivity index (χ2n) is 3.72. The van der Waals surface area contributed by atoms with Crippen molar-refractivity contribution >= 4 is 16.9 Å². The average molecular weight is 234 g/mol. The van der Waals surface area contributed by atoms with Gasteiger partial charge in [0.05, 0.1) is 13.2 Å². The first-order valence-electron chi connectivity index (χ1n) is 5.25. The van der Waals surface area contributed by atoms with Crippen LogP contribution in [0, 0.1) is 0 Å². The van der Waals surface area contributed by atoms with E-state index >= 15 is 0 Å². The van der Waals surface area contributed by atoms with E-state index in [0.29, 0.717) is 24.2 Å². The van der Waals surface area contributed by atoms with Gasteiger partial charge in [-0.05, 0) is 6.07 Å². The lowest BCUT2D eigenvalue weighted by Crippen LogP contribution is -2.05. The molecule has 1 aliphatic heterocycles. The number of hydrogen-bond donors (Lipinski definition) is 1. The van der Waals surface area contributed by atoms with Crippen LogP contribution in [0.3, 0.4) is 0 Å². The molecule has 0 spiro atoms. The van der Waals surface area contributed by atoms with Crippen LogP contribution in [0.4, 0.5) is 0 Å². The summed E-state index contributed by atoms with van der Waals surface area (Å²) in [5.41, 5.74) is 0.645. The number of para-hydroxylation sites is 1. The van der Waals surface area contributed by atoms with Crippen LogP contribution in [-0.4, -0.2) is 24.3 Å². The van der Waals surface area contributed by atoms with Crippen LogP contribution in [0.15, 0.2) is 28.7 Å². The molecule has 0 bridgehead atoms. The van der Waals surface area contributed by atoms with Crippen LogP contribution < -0.4 is 0 Å². The van der Waals surface area contributed by atoms with Gasteiger partial charge in [0.15, 0.2) is 5.76 Å². The number of benzene rings is 1. The van der Waals surface area contributed by atoms with Gasteiger partial charge >= 0.3 is 5.97 Å². The summed E-state index contributed by atoms with van der Waals surface area (Å²) in [5.74, 6) is -0.805. The Kier molecular flexibility index (Phi) is 2.35. The van der Waals surface area contributed by atoms with Crippen molar-refractivity contribution in [2.75, 3.05) is 13.2 Å². The third-order valence-corrected chi connectivity index (χ3v) is 2.67. The molecule has 0 amide bonds. The molecule has 88 valence electrons. The minimum atomic E-state index is -1.04. The van der Waals surface area contributed by atoms with E-state index in [9.17, 15) is 9.90 Å². The number of fused-ring (bicyclic) bond motifs is 1. The molecule has 1 aromatic heterocycles. The summed E-state index contributed by atoms with van der Waals surface area (Å²) in [5, 5.41) is 9.81. The normalized spacial score (nSPS) is 16.7. The fraction of sp³-hybridized carbons (Fsp3) is 0.250. The van der Waals surface area contributed by atoms with E-state index < -0.39 is 12.3 Å². The Bertz CT molecular complexity index is 565. The molecule has 1 aliphatic rings. The molecule has 0 atom stereocenters. The molecule has 5 heteroatoms. The van der Waals surface area contributed by atoms with Gasteiger partial charge in [-0.2, -0.15) is 0 Å². The first-order chi connectivity index (χ1) is 8.27. The number of hydrogen-bond acceptors (Lipinski definition) is 4. The maximum absolute atomic E-state index is 11.3. The summed E-state index contributed by atoms with van der Waals surface area (Å²) >= 11 is 0. The molecule has 2 aromatic rings. The van der Waals surface area contributed by atoms with E-state index in [1.807, 2.05) is 0 Å². The molecule has 1 fully saturated rings. The zero-order valence-electron chi connectivity index (χ0n) is 8.88. The second kappa shape index (κ2) is 3.87. The number of carboxylic acid groups (broad SMARTS) is 1. The van der Waals surface area contributed by atoms with E-state index in [1.54, 1.807) is 24.3 Å². The standard InChI is InChI=1S/C12H10O5/c13-11(14)9-7-3-1-2-4-8(7)17-10(9)12-15-5-6-16-12/h1-4,12H,5-6H2,(H,13,14). The van der Waals surface area contributed by atoms with Gasteiger partial charge in [0.2, 0.25) is 6.29 Å².